The summed E-state index contributed by atoms with van der Waals surface area (Å²) >= 11 is 1.33. The van der Waals surface area contributed by atoms with Gasteiger partial charge in [0.2, 0.25) is 0 Å². The first kappa shape index (κ1) is 13.9. The number of pyridine rings is 1. The van der Waals surface area contributed by atoms with Crippen LogP contribution in [0.15, 0.2) is 29.4 Å². The molecule has 0 saturated carbocycles. The molecule has 2 heterocycles. The van der Waals surface area contributed by atoms with Crippen molar-refractivity contribution in [2.24, 2.45) is 0 Å². The third-order valence-electron chi connectivity index (χ3n) is 3.33. The number of esters is 1. The number of aryl methyl sites for hydroxylation is 2. The van der Waals surface area contributed by atoms with Crippen LogP contribution >= 0.6 is 11.8 Å². The smallest absolute Gasteiger partial charge is 0.316 e. The summed E-state index contributed by atoms with van der Waals surface area (Å²) in [5.41, 5.74) is 4.13. The van der Waals surface area contributed by atoms with E-state index in [-0.39, 0.29) is 11.7 Å². The molecule has 0 saturated heterocycles. The molecular weight excluding hydrogens is 286 g/mol. The maximum absolute atomic E-state index is 11.3. The summed E-state index contributed by atoms with van der Waals surface area (Å²) in [6, 6.07) is 8.37. The quantitative estimate of drug-likeness (QED) is 0.550. The third-order valence-corrected chi connectivity index (χ3v) is 4.23. The number of rotatable bonds is 3. The van der Waals surface area contributed by atoms with E-state index >= 15 is 0 Å². The Bertz CT molecular complexity index is 842. The molecule has 0 amide bonds. The van der Waals surface area contributed by atoms with Gasteiger partial charge in [-0.3, -0.25) is 9.20 Å². The van der Waals surface area contributed by atoms with Gasteiger partial charge in [0, 0.05) is 0 Å². The van der Waals surface area contributed by atoms with E-state index in [1.54, 1.807) is 0 Å². The van der Waals surface area contributed by atoms with Crippen LogP contribution in [-0.2, 0) is 9.53 Å². The van der Waals surface area contributed by atoms with Crippen molar-refractivity contribution in [1.29, 1.82) is 0 Å². The summed E-state index contributed by atoms with van der Waals surface area (Å²) in [6.45, 7) is 4.08. The molecule has 0 fully saturated rings. The lowest BCUT2D eigenvalue weighted by atomic mass is 10.1. The Morgan fingerprint density at radius 1 is 1.29 bits per heavy atom. The molecule has 0 aliphatic rings. The lowest BCUT2D eigenvalue weighted by Crippen LogP contribution is -2.04. The molecule has 0 atom stereocenters. The minimum atomic E-state index is -0.274. The fourth-order valence-corrected chi connectivity index (χ4v) is 3.09. The standard InChI is InChI=1S/C15H15N3O2S/c1-9-4-5-12-11(6-9)7-10(2)14-16-17-15(18(12)14)21-8-13(19)20-3/h4-7H,8H2,1-3H3. The van der Waals surface area contributed by atoms with Gasteiger partial charge in [0.15, 0.2) is 10.8 Å². The lowest BCUT2D eigenvalue weighted by molar-refractivity contribution is -0.137. The van der Waals surface area contributed by atoms with Gasteiger partial charge in [0.1, 0.15) is 0 Å². The van der Waals surface area contributed by atoms with Crippen molar-refractivity contribution >= 4 is 34.3 Å². The van der Waals surface area contributed by atoms with Crippen LogP contribution in [0.5, 0.6) is 0 Å². The number of carbonyl (C=O) groups is 1. The van der Waals surface area contributed by atoms with Gasteiger partial charge in [-0.25, -0.2) is 0 Å². The largest absolute Gasteiger partial charge is 0.468 e. The van der Waals surface area contributed by atoms with Crippen molar-refractivity contribution in [3.8, 4) is 0 Å². The molecule has 0 bridgehead atoms. The summed E-state index contributed by atoms with van der Waals surface area (Å²) in [5, 5.41) is 10.3. The molecule has 0 spiro atoms. The van der Waals surface area contributed by atoms with Crippen LogP contribution in [0.2, 0.25) is 0 Å². The Labute approximate surface area is 126 Å². The highest BCUT2D eigenvalue weighted by molar-refractivity contribution is 7.99. The second-order valence-electron chi connectivity index (χ2n) is 4.90. The van der Waals surface area contributed by atoms with Crippen LogP contribution in [0.3, 0.4) is 0 Å². The monoisotopic (exact) mass is 301 g/mol. The summed E-state index contributed by atoms with van der Waals surface area (Å²) in [6.07, 6.45) is 0. The Morgan fingerprint density at radius 3 is 2.86 bits per heavy atom. The van der Waals surface area contributed by atoms with Gasteiger partial charge < -0.3 is 4.74 Å². The summed E-state index contributed by atoms with van der Waals surface area (Å²) in [7, 11) is 1.38. The molecule has 0 aliphatic carbocycles. The van der Waals surface area contributed by atoms with Crippen molar-refractivity contribution in [1.82, 2.24) is 14.6 Å². The predicted molar refractivity (Wildman–Crippen MR) is 82.7 cm³/mol. The van der Waals surface area contributed by atoms with Crippen LogP contribution in [0, 0.1) is 13.8 Å². The van der Waals surface area contributed by atoms with Gasteiger partial charge in [0.25, 0.3) is 0 Å². The van der Waals surface area contributed by atoms with Gasteiger partial charge in [-0.15, -0.1) is 10.2 Å². The van der Waals surface area contributed by atoms with E-state index in [9.17, 15) is 4.79 Å². The Kier molecular flexibility index (Phi) is 3.55. The summed E-state index contributed by atoms with van der Waals surface area (Å²) < 4.78 is 6.67. The Balaban J connectivity index is 2.18. The Morgan fingerprint density at radius 2 is 2.10 bits per heavy atom. The minimum absolute atomic E-state index is 0.221. The first-order valence-corrected chi connectivity index (χ1v) is 7.53. The fourth-order valence-electron chi connectivity index (χ4n) is 2.31. The maximum Gasteiger partial charge on any atom is 0.316 e. The highest BCUT2D eigenvalue weighted by Gasteiger charge is 2.13. The van der Waals surface area contributed by atoms with Crippen molar-refractivity contribution in [3.63, 3.8) is 0 Å². The van der Waals surface area contributed by atoms with Gasteiger partial charge in [-0.2, -0.15) is 0 Å². The number of benzene rings is 1. The number of fused-ring (bicyclic) bond motifs is 3. The van der Waals surface area contributed by atoms with E-state index in [1.165, 1.54) is 24.4 Å². The molecule has 0 aliphatic heterocycles. The number of methoxy groups -OCH3 is 1. The minimum Gasteiger partial charge on any atom is -0.468 e. The zero-order valence-electron chi connectivity index (χ0n) is 12.1. The molecule has 3 rings (SSSR count). The Hall–Kier alpha value is -2.08. The van der Waals surface area contributed by atoms with E-state index in [0.717, 1.165) is 22.1 Å². The average Bonchev–Trinajstić information content (AvgIpc) is 2.89. The van der Waals surface area contributed by atoms with E-state index in [1.807, 2.05) is 11.3 Å². The number of aromatic nitrogens is 3. The SMILES string of the molecule is COC(=O)CSc1nnc2c(C)cc3cc(C)ccc3n12. The molecule has 6 heteroatoms. The van der Waals surface area contributed by atoms with E-state index in [4.69, 9.17) is 0 Å². The van der Waals surface area contributed by atoms with E-state index in [2.05, 4.69) is 46.1 Å². The number of nitrogens with zero attached hydrogens (tertiary/aromatic N) is 3. The van der Waals surface area contributed by atoms with Crippen molar-refractivity contribution in [2.75, 3.05) is 12.9 Å². The molecule has 2 aromatic heterocycles. The van der Waals surface area contributed by atoms with Gasteiger partial charge in [0.05, 0.1) is 18.4 Å². The maximum atomic E-state index is 11.3. The van der Waals surface area contributed by atoms with Crippen molar-refractivity contribution in [2.45, 2.75) is 19.0 Å². The summed E-state index contributed by atoms with van der Waals surface area (Å²) in [5.74, 6) is -0.0527. The molecular formula is C15H15N3O2S. The summed E-state index contributed by atoms with van der Waals surface area (Å²) in [4.78, 5) is 11.3. The fraction of sp³-hybridized carbons (Fsp3) is 0.267. The van der Waals surface area contributed by atoms with Gasteiger partial charge in [-0.05, 0) is 43.0 Å². The number of ether oxygens (including phenoxy) is 1. The highest BCUT2D eigenvalue weighted by atomic mass is 32.2. The topological polar surface area (TPSA) is 56.5 Å². The molecule has 3 aromatic rings. The zero-order chi connectivity index (χ0) is 15.0. The molecule has 108 valence electrons. The lowest BCUT2D eigenvalue weighted by Gasteiger charge is -2.07. The first-order chi connectivity index (χ1) is 10.1. The third kappa shape index (κ3) is 2.47. The number of thioether (sulfide) groups is 1. The van der Waals surface area contributed by atoms with Crippen LogP contribution in [0.25, 0.3) is 16.6 Å². The average molecular weight is 301 g/mol. The normalized spacial score (nSPS) is 11.2. The number of hydrogen-bond donors (Lipinski definition) is 0. The van der Waals surface area contributed by atoms with Crippen LogP contribution < -0.4 is 0 Å². The van der Waals surface area contributed by atoms with Crippen LogP contribution in [-0.4, -0.2) is 33.4 Å². The number of hydrogen-bond acceptors (Lipinski definition) is 5. The second kappa shape index (κ2) is 5.37. The predicted octanol–water partition coefficient (Wildman–Crippen LogP) is 2.76. The molecule has 1 aromatic carbocycles. The molecule has 0 N–H and O–H groups in total. The molecule has 21 heavy (non-hydrogen) atoms. The van der Waals surface area contributed by atoms with Gasteiger partial charge in [-0.1, -0.05) is 23.4 Å². The number of carbonyl (C=O) groups excluding carboxylic acids is 1. The van der Waals surface area contributed by atoms with Crippen molar-refractivity contribution in [3.05, 3.63) is 35.4 Å². The molecule has 0 radical (unpaired) electrons. The zero-order valence-corrected chi connectivity index (χ0v) is 12.9. The van der Waals surface area contributed by atoms with Gasteiger partial charge >= 0.3 is 5.97 Å². The molecule has 0 unspecified atom stereocenters. The van der Waals surface area contributed by atoms with Crippen LogP contribution in [0.4, 0.5) is 0 Å². The van der Waals surface area contributed by atoms with Crippen molar-refractivity contribution < 1.29 is 9.53 Å². The molecule has 5 nitrogen and oxygen atoms in total. The second-order valence-corrected chi connectivity index (χ2v) is 5.84. The van der Waals surface area contributed by atoms with E-state index in [0.29, 0.717) is 5.16 Å². The highest BCUT2D eigenvalue weighted by Crippen LogP contribution is 2.26. The first-order valence-electron chi connectivity index (χ1n) is 6.55. The van der Waals surface area contributed by atoms with Crippen LogP contribution in [0.1, 0.15) is 11.1 Å². The van der Waals surface area contributed by atoms with E-state index < -0.39 is 0 Å².